The lowest BCUT2D eigenvalue weighted by Gasteiger charge is -2.19. The van der Waals surface area contributed by atoms with Crippen molar-refractivity contribution in [3.63, 3.8) is 0 Å². The summed E-state index contributed by atoms with van der Waals surface area (Å²) in [6.45, 7) is 1.74. The number of hydrogen-bond donors (Lipinski definition) is 0. The zero-order chi connectivity index (χ0) is 18.8. The van der Waals surface area contributed by atoms with Gasteiger partial charge in [-0.1, -0.05) is 23.7 Å². The van der Waals surface area contributed by atoms with Crippen LogP contribution in [0.15, 0.2) is 29.3 Å². The molecular formula is C17H20ClNO6. The molecule has 0 aliphatic carbocycles. The molecule has 0 aliphatic rings. The highest BCUT2D eigenvalue weighted by atomic mass is 35.5. The summed E-state index contributed by atoms with van der Waals surface area (Å²) in [4.78, 5) is 40.0. The number of aliphatic imine (C=N–C) groups is 1. The van der Waals surface area contributed by atoms with Crippen LogP contribution < -0.4 is 0 Å². The van der Waals surface area contributed by atoms with Crippen molar-refractivity contribution in [2.24, 2.45) is 10.9 Å². The topological polar surface area (TPSA) is 91.3 Å². The van der Waals surface area contributed by atoms with E-state index in [1.807, 2.05) is 0 Å². The van der Waals surface area contributed by atoms with E-state index >= 15 is 0 Å². The second-order valence-electron chi connectivity index (χ2n) is 4.94. The van der Waals surface area contributed by atoms with E-state index < -0.39 is 29.9 Å². The predicted molar refractivity (Wildman–Crippen MR) is 91.6 cm³/mol. The van der Waals surface area contributed by atoms with Crippen LogP contribution in [0.25, 0.3) is 0 Å². The zero-order valence-corrected chi connectivity index (χ0v) is 15.0. The number of carbonyl (C=O) groups is 3. The first-order valence-electron chi connectivity index (χ1n) is 7.52. The Labute approximate surface area is 150 Å². The van der Waals surface area contributed by atoms with Crippen molar-refractivity contribution in [1.82, 2.24) is 0 Å². The molecule has 0 aromatic heterocycles. The van der Waals surface area contributed by atoms with Gasteiger partial charge in [-0.15, -0.1) is 0 Å². The largest absolute Gasteiger partial charge is 0.469 e. The number of hydrogen-bond acceptors (Lipinski definition) is 7. The first-order valence-corrected chi connectivity index (χ1v) is 7.90. The SMILES string of the molecule is CCOC(=O)C(N=Cc1ccc(Cl)cc1)C(CC(=O)OC)C(=O)OC. The number of benzene rings is 1. The molecule has 0 saturated heterocycles. The first kappa shape index (κ1) is 20.6. The molecule has 0 N–H and O–H groups in total. The Morgan fingerprint density at radius 2 is 1.76 bits per heavy atom. The molecule has 25 heavy (non-hydrogen) atoms. The van der Waals surface area contributed by atoms with Gasteiger partial charge in [0.2, 0.25) is 0 Å². The smallest absolute Gasteiger partial charge is 0.331 e. The Kier molecular flexibility index (Phi) is 8.63. The molecule has 2 atom stereocenters. The van der Waals surface area contributed by atoms with Crippen LogP contribution >= 0.6 is 11.6 Å². The van der Waals surface area contributed by atoms with Gasteiger partial charge in [0.15, 0.2) is 6.04 Å². The quantitative estimate of drug-likeness (QED) is 0.395. The Bertz CT molecular complexity index is 629. The van der Waals surface area contributed by atoms with Gasteiger partial charge in [0.1, 0.15) is 5.92 Å². The summed E-state index contributed by atoms with van der Waals surface area (Å²) < 4.78 is 14.2. The summed E-state index contributed by atoms with van der Waals surface area (Å²) in [5.74, 6) is -3.30. The number of nitrogens with zero attached hydrogens (tertiary/aromatic N) is 1. The molecule has 0 radical (unpaired) electrons. The molecule has 0 heterocycles. The first-order chi connectivity index (χ1) is 11.9. The minimum absolute atomic E-state index is 0.109. The molecule has 0 bridgehead atoms. The molecule has 136 valence electrons. The summed E-state index contributed by atoms with van der Waals surface area (Å²) in [5.41, 5.74) is 0.667. The monoisotopic (exact) mass is 369 g/mol. The Morgan fingerprint density at radius 3 is 2.28 bits per heavy atom. The third kappa shape index (κ3) is 6.54. The summed E-state index contributed by atoms with van der Waals surface area (Å²) in [6.07, 6.45) is 1.05. The number of methoxy groups -OCH3 is 2. The minimum Gasteiger partial charge on any atom is -0.469 e. The van der Waals surface area contributed by atoms with Crippen LogP contribution in [0.5, 0.6) is 0 Å². The maximum atomic E-state index is 12.2. The lowest BCUT2D eigenvalue weighted by molar-refractivity contribution is -0.158. The van der Waals surface area contributed by atoms with Crippen molar-refractivity contribution in [1.29, 1.82) is 0 Å². The van der Waals surface area contributed by atoms with E-state index in [2.05, 4.69) is 14.5 Å². The fourth-order valence-electron chi connectivity index (χ4n) is 2.01. The highest BCUT2D eigenvalue weighted by molar-refractivity contribution is 6.30. The van der Waals surface area contributed by atoms with Crippen LogP contribution in [0, 0.1) is 5.92 Å². The minimum atomic E-state index is -1.23. The maximum absolute atomic E-state index is 12.2. The fourth-order valence-corrected chi connectivity index (χ4v) is 2.14. The van der Waals surface area contributed by atoms with Gasteiger partial charge in [-0.05, 0) is 24.6 Å². The van der Waals surface area contributed by atoms with Crippen LogP contribution in [-0.4, -0.2) is 51.0 Å². The van der Waals surface area contributed by atoms with Crippen molar-refractivity contribution in [2.45, 2.75) is 19.4 Å². The van der Waals surface area contributed by atoms with Crippen molar-refractivity contribution in [3.8, 4) is 0 Å². The van der Waals surface area contributed by atoms with Crippen molar-refractivity contribution in [3.05, 3.63) is 34.9 Å². The highest BCUT2D eigenvalue weighted by Crippen LogP contribution is 2.18. The summed E-state index contributed by atoms with van der Waals surface area (Å²) >= 11 is 5.82. The number of halogens is 1. The van der Waals surface area contributed by atoms with Crippen molar-refractivity contribution >= 4 is 35.7 Å². The standard InChI is InChI=1S/C17H20ClNO6/c1-4-25-17(22)15(13(16(21)24-3)9-14(20)23-2)19-10-11-5-7-12(18)8-6-11/h5-8,10,13,15H,4,9H2,1-3H3. The van der Waals surface area contributed by atoms with Gasteiger partial charge in [0, 0.05) is 11.2 Å². The normalized spacial score (nSPS) is 13.1. The molecule has 0 fully saturated rings. The summed E-state index contributed by atoms with van der Waals surface area (Å²) in [7, 11) is 2.35. The van der Waals surface area contributed by atoms with Crippen LogP contribution in [0.4, 0.5) is 0 Å². The Balaban J connectivity index is 3.13. The third-order valence-electron chi connectivity index (χ3n) is 3.28. The van der Waals surface area contributed by atoms with E-state index in [4.69, 9.17) is 16.3 Å². The Hall–Kier alpha value is -2.41. The molecule has 0 spiro atoms. The number of esters is 3. The number of rotatable bonds is 8. The third-order valence-corrected chi connectivity index (χ3v) is 3.53. The molecule has 0 saturated carbocycles. The molecule has 0 aliphatic heterocycles. The van der Waals surface area contributed by atoms with Crippen LogP contribution in [-0.2, 0) is 28.6 Å². The van der Waals surface area contributed by atoms with Crippen molar-refractivity contribution in [2.75, 3.05) is 20.8 Å². The lowest BCUT2D eigenvalue weighted by atomic mass is 9.96. The molecule has 1 rings (SSSR count). The maximum Gasteiger partial charge on any atom is 0.331 e. The second-order valence-corrected chi connectivity index (χ2v) is 5.37. The summed E-state index contributed by atoms with van der Waals surface area (Å²) in [5, 5.41) is 0.553. The lowest BCUT2D eigenvalue weighted by Crippen LogP contribution is -2.37. The molecule has 7 nitrogen and oxygen atoms in total. The Morgan fingerprint density at radius 1 is 1.12 bits per heavy atom. The predicted octanol–water partition coefficient (Wildman–Crippen LogP) is 2.04. The highest BCUT2D eigenvalue weighted by Gasteiger charge is 2.37. The van der Waals surface area contributed by atoms with E-state index in [9.17, 15) is 14.4 Å². The average molecular weight is 370 g/mol. The van der Waals surface area contributed by atoms with E-state index in [1.54, 1.807) is 31.2 Å². The molecule has 2 unspecified atom stereocenters. The second kappa shape index (κ2) is 10.5. The van der Waals surface area contributed by atoms with Crippen LogP contribution in [0.2, 0.25) is 5.02 Å². The summed E-state index contributed by atoms with van der Waals surface area (Å²) in [6, 6.07) is 5.48. The van der Waals surface area contributed by atoms with Gasteiger partial charge in [-0.25, -0.2) is 4.79 Å². The molecule has 0 amide bonds. The molecule has 1 aromatic rings. The van der Waals surface area contributed by atoms with Gasteiger partial charge in [0.25, 0.3) is 0 Å². The number of carbonyl (C=O) groups excluding carboxylic acids is 3. The van der Waals surface area contributed by atoms with Gasteiger partial charge in [-0.2, -0.15) is 0 Å². The van der Waals surface area contributed by atoms with E-state index in [0.717, 1.165) is 7.11 Å². The van der Waals surface area contributed by atoms with Crippen molar-refractivity contribution < 1.29 is 28.6 Å². The molecular weight excluding hydrogens is 350 g/mol. The van der Waals surface area contributed by atoms with Crippen LogP contribution in [0.3, 0.4) is 0 Å². The number of ether oxygens (including phenoxy) is 3. The van der Waals surface area contributed by atoms with Gasteiger partial charge >= 0.3 is 17.9 Å². The van der Waals surface area contributed by atoms with E-state index in [-0.39, 0.29) is 13.0 Å². The van der Waals surface area contributed by atoms with E-state index in [0.29, 0.717) is 10.6 Å². The van der Waals surface area contributed by atoms with E-state index in [1.165, 1.54) is 13.3 Å². The van der Waals surface area contributed by atoms with Gasteiger partial charge in [0.05, 0.1) is 27.2 Å². The van der Waals surface area contributed by atoms with Gasteiger partial charge in [-0.3, -0.25) is 14.6 Å². The molecule has 1 aromatic carbocycles. The molecule has 8 heteroatoms. The fraction of sp³-hybridized carbons (Fsp3) is 0.412. The van der Waals surface area contributed by atoms with Gasteiger partial charge < -0.3 is 14.2 Å². The average Bonchev–Trinajstić information content (AvgIpc) is 2.61. The van der Waals surface area contributed by atoms with Crippen LogP contribution in [0.1, 0.15) is 18.9 Å². The zero-order valence-electron chi connectivity index (χ0n) is 14.2.